The van der Waals surface area contributed by atoms with Gasteiger partial charge in [-0.05, 0) is 30.9 Å². The summed E-state index contributed by atoms with van der Waals surface area (Å²) in [7, 11) is 0. The van der Waals surface area contributed by atoms with E-state index in [1.807, 2.05) is 10.3 Å². The minimum atomic E-state index is 0.00917. The first-order chi connectivity index (χ1) is 11.6. The molecule has 1 amide bonds. The Balaban J connectivity index is 1.68. The van der Waals surface area contributed by atoms with Crippen LogP contribution in [0, 0.1) is 5.92 Å². The molecular formula is C16H18N6OS. The number of pyridine rings is 1. The first kappa shape index (κ1) is 15.1. The van der Waals surface area contributed by atoms with E-state index in [4.69, 9.17) is 5.73 Å². The van der Waals surface area contributed by atoms with Crippen LogP contribution in [-0.2, 0) is 0 Å². The van der Waals surface area contributed by atoms with Crippen molar-refractivity contribution in [2.45, 2.75) is 19.8 Å². The number of anilines is 1. The Bertz CT molecular complexity index is 879. The molecule has 4 rings (SSSR count). The normalized spacial score (nSPS) is 16.0. The number of fused-ring (bicyclic) bond motifs is 1. The quantitative estimate of drug-likeness (QED) is 0.772. The summed E-state index contributed by atoms with van der Waals surface area (Å²) in [6.45, 7) is 3.81. The van der Waals surface area contributed by atoms with Crippen LogP contribution >= 0.6 is 11.3 Å². The fraction of sp³-hybridized carbons (Fsp3) is 0.375. The van der Waals surface area contributed by atoms with Gasteiger partial charge in [0, 0.05) is 30.2 Å². The van der Waals surface area contributed by atoms with Gasteiger partial charge in [-0.3, -0.25) is 4.79 Å². The average molecular weight is 342 g/mol. The van der Waals surface area contributed by atoms with Crippen LogP contribution in [0.25, 0.3) is 16.5 Å². The van der Waals surface area contributed by atoms with Crippen LogP contribution in [0.3, 0.4) is 0 Å². The Kier molecular flexibility index (Phi) is 3.68. The van der Waals surface area contributed by atoms with Crippen molar-refractivity contribution >= 4 is 28.7 Å². The van der Waals surface area contributed by atoms with Crippen molar-refractivity contribution in [3.8, 4) is 10.8 Å². The smallest absolute Gasteiger partial charge is 0.254 e. The molecule has 8 heteroatoms. The van der Waals surface area contributed by atoms with Gasteiger partial charge >= 0.3 is 0 Å². The topological polar surface area (TPSA) is 89.4 Å². The zero-order chi connectivity index (χ0) is 16.7. The van der Waals surface area contributed by atoms with Crippen molar-refractivity contribution in [3.05, 3.63) is 29.3 Å². The van der Waals surface area contributed by atoms with Gasteiger partial charge in [0.25, 0.3) is 5.91 Å². The largest absolute Gasteiger partial charge is 0.384 e. The molecule has 1 aliphatic rings. The van der Waals surface area contributed by atoms with E-state index in [0.29, 0.717) is 28.8 Å². The number of carbonyl (C=O) groups excluding carboxylic acids is 1. The molecular weight excluding hydrogens is 324 g/mol. The van der Waals surface area contributed by atoms with Crippen molar-refractivity contribution in [1.82, 2.24) is 24.5 Å². The zero-order valence-electron chi connectivity index (χ0n) is 13.3. The summed E-state index contributed by atoms with van der Waals surface area (Å²) in [6, 6.07) is 3.43. The zero-order valence-corrected chi connectivity index (χ0v) is 14.2. The van der Waals surface area contributed by atoms with Gasteiger partial charge in [0.15, 0.2) is 10.7 Å². The van der Waals surface area contributed by atoms with Gasteiger partial charge in [0.05, 0.1) is 0 Å². The third-order valence-electron chi connectivity index (χ3n) is 4.41. The lowest BCUT2D eigenvalue weighted by atomic mass is 9.99. The van der Waals surface area contributed by atoms with Crippen LogP contribution in [-0.4, -0.2) is 43.5 Å². The number of nitrogen functional groups attached to an aromatic ring is 1. The number of likely N-dealkylation sites (tertiary alicyclic amines) is 1. The molecule has 0 spiro atoms. The summed E-state index contributed by atoms with van der Waals surface area (Å²) in [5, 5.41) is 6.99. The number of hydrogen-bond acceptors (Lipinski definition) is 6. The number of nitrogens with zero attached hydrogens (tertiary/aromatic N) is 5. The van der Waals surface area contributed by atoms with Gasteiger partial charge in [-0.2, -0.15) is 4.52 Å². The maximum atomic E-state index is 12.7. The standard InChI is InChI=1S/C16H18N6OS/c1-10-2-5-21(6-3-10)16(23)11-8-12(17)22-13(9-11)19-14(20-22)15-18-4-7-24-15/h4,7-10H,2-3,5-6,17H2,1H3. The summed E-state index contributed by atoms with van der Waals surface area (Å²) in [5.41, 5.74) is 7.21. The summed E-state index contributed by atoms with van der Waals surface area (Å²) in [6.07, 6.45) is 3.80. The second-order valence-electron chi connectivity index (χ2n) is 6.19. The highest BCUT2D eigenvalue weighted by atomic mass is 32.1. The minimum Gasteiger partial charge on any atom is -0.384 e. The first-order valence-electron chi connectivity index (χ1n) is 7.97. The molecule has 0 unspecified atom stereocenters. The Morgan fingerprint density at radius 1 is 1.33 bits per heavy atom. The molecule has 4 heterocycles. The number of carbonyl (C=O) groups is 1. The molecule has 2 N–H and O–H groups in total. The van der Waals surface area contributed by atoms with Crippen LogP contribution < -0.4 is 5.73 Å². The molecule has 0 aliphatic carbocycles. The maximum absolute atomic E-state index is 12.7. The minimum absolute atomic E-state index is 0.00917. The van der Waals surface area contributed by atoms with Crippen molar-refractivity contribution < 1.29 is 4.79 Å². The van der Waals surface area contributed by atoms with Gasteiger partial charge < -0.3 is 10.6 Å². The number of rotatable bonds is 2. The predicted octanol–water partition coefficient (Wildman–Crippen LogP) is 2.31. The van der Waals surface area contributed by atoms with Crippen LogP contribution in [0.15, 0.2) is 23.7 Å². The number of thiazole rings is 1. The van der Waals surface area contributed by atoms with E-state index in [9.17, 15) is 4.79 Å². The highest BCUT2D eigenvalue weighted by Gasteiger charge is 2.23. The number of aromatic nitrogens is 4. The van der Waals surface area contributed by atoms with Gasteiger partial charge in [-0.15, -0.1) is 16.4 Å². The number of amides is 1. The van der Waals surface area contributed by atoms with E-state index in [-0.39, 0.29) is 5.91 Å². The monoisotopic (exact) mass is 342 g/mol. The summed E-state index contributed by atoms with van der Waals surface area (Å²) in [5.74, 6) is 1.61. The lowest BCUT2D eigenvalue weighted by Gasteiger charge is -2.30. The van der Waals surface area contributed by atoms with Crippen molar-refractivity contribution in [3.63, 3.8) is 0 Å². The van der Waals surface area contributed by atoms with Crippen LogP contribution in [0.1, 0.15) is 30.1 Å². The van der Waals surface area contributed by atoms with E-state index in [1.54, 1.807) is 22.8 Å². The highest BCUT2D eigenvalue weighted by molar-refractivity contribution is 7.13. The number of hydrogen-bond donors (Lipinski definition) is 1. The molecule has 7 nitrogen and oxygen atoms in total. The second-order valence-corrected chi connectivity index (χ2v) is 7.08. The molecule has 0 saturated carbocycles. The van der Waals surface area contributed by atoms with Gasteiger partial charge in [-0.25, -0.2) is 9.97 Å². The summed E-state index contributed by atoms with van der Waals surface area (Å²) >= 11 is 1.47. The molecule has 3 aromatic heterocycles. The van der Waals surface area contributed by atoms with E-state index in [1.165, 1.54) is 11.3 Å². The van der Waals surface area contributed by atoms with Gasteiger partial charge in [-0.1, -0.05) is 6.92 Å². The van der Waals surface area contributed by atoms with E-state index in [2.05, 4.69) is 22.0 Å². The van der Waals surface area contributed by atoms with Gasteiger partial charge in [0.1, 0.15) is 5.82 Å². The molecule has 0 radical (unpaired) electrons. The molecule has 0 atom stereocenters. The SMILES string of the molecule is CC1CCN(C(=O)c2cc(N)n3nc(-c4nccs4)nc3c2)CC1. The lowest BCUT2D eigenvalue weighted by molar-refractivity contribution is 0.0697. The third kappa shape index (κ3) is 2.62. The molecule has 24 heavy (non-hydrogen) atoms. The van der Waals surface area contributed by atoms with Crippen LogP contribution in [0.4, 0.5) is 5.82 Å². The third-order valence-corrected chi connectivity index (χ3v) is 5.18. The molecule has 124 valence electrons. The number of nitrogens with two attached hydrogens (primary N) is 1. The Hall–Kier alpha value is -2.48. The number of piperidine rings is 1. The summed E-state index contributed by atoms with van der Waals surface area (Å²) in [4.78, 5) is 23.3. The van der Waals surface area contributed by atoms with Crippen LogP contribution in [0.5, 0.6) is 0 Å². The van der Waals surface area contributed by atoms with Crippen molar-refractivity contribution in [1.29, 1.82) is 0 Å². The van der Waals surface area contributed by atoms with Crippen LogP contribution in [0.2, 0.25) is 0 Å². The van der Waals surface area contributed by atoms with Gasteiger partial charge in [0.2, 0.25) is 5.82 Å². The van der Waals surface area contributed by atoms with Crippen molar-refractivity contribution in [2.24, 2.45) is 5.92 Å². The lowest BCUT2D eigenvalue weighted by Crippen LogP contribution is -2.38. The molecule has 1 saturated heterocycles. The molecule has 1 aliphatic heterocycles. The molecule has 1 fully saturated rings. The van der Waals surface area contributed by atoms with E-state index >= 15 is 0 Å². The fourth-order valence-corrected chi connectivity index (χ4v) is 3.52. The predicted molar refractivity (Wildman–Crippen MR) is 92.8 cm³/mol. The van der Waals surface area contributed by atoms with Crippen molar-refractivity contribution in [2.75, 3.05) is 18.8 Å². The Morgan fingerprint density at radius 3 is 2.83 bits per heavy atom. The molecule has 0 bridgehead atoms. The Morgan fingerprint density at radius 2 is 2.12 bits per heavy atom. The second kappa shape index (κ2) is 5.86. The molecule has 3 aromatic rings. The highest BCUT2D eigenvalue weighted by Crippen LogP contribution is 2.23. The average Bonchev–Trinajstić information content (AvgIpc) is 3.24. The maximum Gasteiger partial charge on any atom is 0.254 e. The first-order valence-corrected chi connectivity index (χ1v) is 8.85. The molecule has 0 aromatic carbocycles. The Labute approximate surface area is 143 Å². The fourth-order valence-electron chi connectivity index (χ4n) is 2.95. The van der Waals surface area contributed by atoms with E-state index in [0.717, 1.165) is 30.9 Å². The van der Waals surface area contributed by atoms with E-state index < -0.39 is 0 Å². The summed E-state index contributed by atoms with van der Waals surface area (Å²) < 4.78 is 1.55.